The number of hydrogen-bond donors (Lipinski definition) is 0. The van der Waals surface area contributed by atoms with Crippen LogP contribution < -0.4 is 5.56 Å². The van der Waals surface area contributed by atoms with E-state index in [1.54, 1.807) is 23.0 Å². The Morgan fingerprint density at radius 2 is 2.06 bits per heavy atom. The lowest BCUT2D eigenvalue weighted by Crippen LogP contribution is -2.23. The van der Waals surface area contributed by atoms with E-state index >= 15 is 0 Å². The first-order valence-corrected chi connectivity index (χ1v) is 12.6. The van der Waals surface area contributed by atoms with E-state index < -0.39 is 0 Å². The van der Waals surface area contributed by atoms with E-state index in [0.29, 0.717) is 18.3 Å². The highest BCUT2D eigenvalue weighted by atomic mass is 32.2. The number of nitrogens with zero attached hydrogens (tertiary/aromatic N) is 3. The van der Waals surface area contributed by atoms with Gasteiger partial charge < -0.3 is 9.30 Å². The summed E-state index contributed by atoms with van der Waals surface area (Å²) in [7, 11) is 1.68. The fourth-order valence-corrected chi connectivity index (χ4v) is 6.62. The molecule has 0 N–H and O–H groups in total. The molecule has 166 valence electrons. The van der Waals surface area contributed by atoms with Gasteiger partial charge in [0.1, 0.15) is 4.83 Å². The first kappa shape index (κ1) is 22.3. The molecule has 3 aromatic rings. The molecule has 3 heterocycles. The van der Waals surface area contributed by atoms with E-state index in [2.05, 4.69) is 11.5 Å². The Bertz CT molecular complexity index is 1190. The van der Waals surface area contributed by atoms with Crippen molar-refractivity contribution in [3.8, 4) is 0 Å². The molecular formula is C23H29N3O3S2. The fourth-order valence-electron chi connectivity index (χ4n) is 4.41. The van der Waals surface area contributed by atoms with E-state index in [9.17, 15) is 9.59 Å². The van der Waals surface area contributed by atoms with Crippen molar-refractivity contribution in [3.63, 3.8) is 0 Å². The van der Waals surface area contributed by atoms with Gasteiger partial charge in [0.15, 0.2) is 10.9 Å². The van der Waals surface area contributed by atoms with Gasteiger partial charge in [-0.1, -0.05) is 18.7 Å². The van der Waals surface area contributed by atoms with Gasteiger partial charge >= 0.3 is 0 Å². The van der Waals surface area contributed by atoms with E-state index in [4.69, 9.17) is 9.72 Å². The van der Waals surface area contributed by atoms with Crippen molar-refractivity contribution in [2.75, 3.05) is 19.5 Å². The van der Waals surface area contributed by atoms with Gasteiger partial charge in [-0.2, -0.15) is 0 Å². The summed E-state index contributed by atoms with van der Waals surface area (Å²) in [5.41, 5.74) is 4.02. The lowest BCUT2D eigenvalue weighted by Gasteiger charge is -2.11. The van der Waals surface area contributed by atoms with Crippen molar-refractivity contribution in [1.82, 2.24) is 14.1 Å². The molecule has 0 bridgehead atoms. The summed E-state index contributed by atoms with van der Waals surface area (Å²) in [6, 6.07) is 1.95. The summed E-state index contributed by atoms with van der Waals surface area (Å²) >= 11 is 3.03. The molecule has 1 aliphatic carbocycles. The van der Waals surface area contributed by atoms with Crippen LogP contribution in [0.15, 0.2) is 16.0 Å². The third kappa shape index (κ3) is 4.13. The van der Waals surface area contributed by atoms with Gasteiger partial charge in [-0.3, -0.25) is 14.2 Å². The zero-order valence-electron chi connectivity index (χ0n) is 18.6. The minimum Gasteiger partial charge on any atom is -0.383 e. The van der Waals surface area contributed by atoms with E-state index in [1.807, 2.05) is 19.9 Å². The monoisotopic (exact) mass is 459 g/mol. The van der Waals surface area contributed by atoms with Crippen molar-refractivity contribution in [3.05, 3.63) is 43.8 Å². The van der Waals surface area contributed by atoms with Crippen LogP contribution in [0.3, 0.4) is 0 Å². The van der Waals surface area contributed by atoms with Crippen LogP contribution in [0.1, 0.15) is 52.0 Å². The first-order valence-electron chi connectivity index (χ1n) is 10.8. The van der Waals surface area contributed by atoms with E-state index in [-0.39, 0.29) is 17.1 Å². The number of carbonyl (C=O) groups is 1. The molecule has 0 radical (unpaired) electrons. The summed E-state index contributed by atoms with van der Waals surface area (Å²) in [6.07, 6.45) is 3.99. The molecule has 0 atom stereocenters. The third-order valence-corrected chi connectivity index (χ3v) is 8.12. The van der Waals surface area contributed by atoms with Crippen LogP contribution in [-0.2, 0) is 30.7 Å². The van der Waals surface area contributed by atoms with Crippen LogP contribution in [-0.4, -0.2) is 39.4 Å². The highest BCUT2D eigenvalue weighted by Gasteiger charge is 2.24. The van der Waals surface area contributed by atoms with Crippen molar-refractivity contribution >= 4 is 39.1 Å². The number of rotatable bonds is 9. The summed E-state index contributed by atoms with van der Waals surface area (Å²) in [5, 5.41) is 1.46. The maximum Gasteiger partial charge on any atom is 0.263 e. The number of methoxy groups -OCH3 is 1. The number of carbonyl (C=O) groups excluding carboxylic acids is 1. The Kier molecular flexibility index (Phi) is 6.69. The Morgan fingerprint density at radius 1 is 1.26 bits per heavy atom. The van der Waals surface area contributed by atoms with Crippen LogP contribution in [0.2, 0.25) is 0 Å². The molecular weight excluding hydrogens is 430 g/mol. The Labute approximate surface area is 190 Å². The Hall–Kier alpha value is -1.90. The second kappa shape index (κ2) is 9.30. The van der Waals surface area contributed by atoms with Gasteiger partial charge in [0.05, 0.1) is 17.7 Å². The molecule has 0 amide bonds. The molecule has 0 aliphatic heterocycles. The number of ketones is 1. The number of aromatic nitrogens is 3. The van der Waals surface area contributed by atoms with Gasteiger partial charge in [-0.05, 0) is 51.2 Å². The van der Waals surface area contributed by atoms with Crippen LogP contribution in [0, 0.1) is 13.8 Å². The normalized spacial score (nSPS) is 13.3. The highest BCUT2D eigenvalue weighted by Crippen LogP contribution is 2.35. The topological polar surface area (TPSA) is 66.1 Å². The number of thiophene rings is 1. The molecule has 0 saturated heterocycles. The number of thioether (sulfide) groups is 1. The fraction of sp³-hybridized carbons (Fsp3) is 0.522. The van der Waals surface area contributed by atoms with Gasteiger partial charge in [-0.15, -0.1) is 11.3 Å². The quantitative estimate of drug-likeness (QED) is 0.270. The predicted octanol–water partition coefficient (Wildman–Crippen LogP) is 4.40. The Morgan fingerprint density at radius 3 is 2.81 bits per heavy atom. The smallest absolute Gasteiger partial charge is 0.263 e. The number of Topliss-reactive ketones (excluding diaryl/α,β-unsaturated/α-hetero) is 1. The van der Waals surface area contributed by atoms with E-state index in [0.717, 1.165) is 59.4 Å². The number of aryl methyl sites for hydroxylation is 3. The molecule has 0 aromatic carbocycles. The van der Waals surface area contributed by atoms with Crippen LogP contribution in [0.4, 0.5) is 0 Å². The second-order valence-corrected chi connectivity index (χ2v) is 10.1. The second-order valence-electron chi connectivity index (χ2n) is 8.03. The molecule has 8 heteroatoms. The summed E-state index contributed by atoms with van der Waals surface area (Å²) in [4.78, 5) is 33.3. The van der Waals surface area contributed by atoms with Gasteiger partial charge in [0.25, 0.3) is 5.56 Å². The summed E-state index contributed by atoms with van der Waals surface area (Å²) in [5.74, 6) is 0.328. The molecule has 31 heavy (non-hydrogen) atoms. The standard InChI is InChI=1S/C23H29N3O3S2/c1-5-9-26-22(28)20-16-7-6-8-19(16)31-21(20)24-23(26)30-13-18(27)17-12-14(2)25(15(17)3)10-11-29-4/h12H,5-11,13H2,1-4H3. The Balaban J connectivity index is 1.61. The summed E-state index contributed by atoms with van der Waals surface area (Å²) < 4.78 is 9.07. The number of hydrogen-bond acceptors (Lipinski definition) is 6. The van der Waals surface area contributed by atoms with Gasteiger partial charge in [-0.25, -0.2) is 4.98 Å². The summed E-state index contributed by atoms with van der Waals surface area (Å²) in [6.45, 7) is 8.00. The van der Waals surface area contributed by atoms with Crippen LogP contribution in [0.5, 0.6) is 0 Å². The SMILES string of the molecule is CCCn1c(SCC(=O)c2cc(C)n(CCOC)c2C)nc2sc3c(c2c1=O)CCC3. The van der Waals surface area contributed by atoms with Crippen LogP contribution in [0.25, 0.3) is 10.2 Å². The molecule has 3 aromatic heterocycles. The zero-order chi connectivity index (χ0) is 22.1. The molecule has 0 unspecified atom stereocenters. The lowest BCUT2D eigenvalue weighted by atomic mass is 10.2. The maximum absolute atomic E-state index is 13.3. The minimum absolute atomic E-state index is 0.0546. The minimum atomic E-state index is 0.0546. The van der Waals surface area contributed by atoms with E-state index in [1.165, 1.54) is 22.2 Å². The largest absolute Gasteiger partial charge is 0.383 e. The van der Waals surface area contributed by atoms with Crippen molar-refractivity contribution in [1.29, 1.82) is 0 Å². The molecule has 0 fully saturated rings. The van der Waals surface area contributed by atoms with Crippen molar-refractivity contribution < 1.29 is 9.53 Å². The average Bonchev–Trinajstić information content (AvgIpc) is 3.40. The number of ether oxygens (including phenoxy) is 1. The predicted molar refractivity (Wildman–Crippen MR) is 127 cm³/mol. The van der Waals surface area contributed by atoms with Gasteiger partial charge in [0, 0.05) is 42.0 Å². The van der Waals surface area contributed by atoms with Crippen molar-refractivity contribution in [2.24, 2.45) is 0 Å². The first-order chi connectivity index (χ1) is 15.0. The van der Waals surface area contributed by atoms with Gasteiger partial charge in [0.2, 0.25) is 0 Å². The molecule has 0 saturated carbocycles. The molecule has 0 spiro atoms. The zero-order valence-corrected chi connectivity index (χ0v) is 20.3. The third-order valence-electron chi connectivity index (χ3n) is 5.96. The highest BCUT2D eigenvalue weighted by molar-refractivity contribution is 7.99. The molecule has 4 rings (SSSR count). The average molecular weight is 460 g/mol. The number of fused-ring (bicyclic) bond motifs is 3. The lowest BCUT2D eigenvalue weighted by molar-refractivity contribution is 0.102. The molecule has 6 nitrogen and oxygen atoms in total. The van der Waals surface area contributed by atoms with Crippen LogP contribution >= 0.6 is 23.1 Å². The van der Waals surface area contributed by atoms with Crippen molar-refractivity contribution in [2.45, 2.75) is 64.7 Å². The maximum atomic E-state index is 13.3. The molecule has 1 aliphatic rings.